The van der Waals surface area contributed by atoms with Gasteiger partial charge in [0.25, 0.3) is 11.7 Å². The molecule has 1 aromatic heterocycles. The summed E-state index contributed by atoms with van der Waals surface area (Å²) in [6.07, 6.45) is 1.44. The molecule has 1 aliphatic rings. The summed E-state index contributed by atoms with van der Waals surface area (Å²) in [7, 11) is 2.97. The summed E-state index contributed by atoms with van der Waals surface area (Å²) >= 11 is 6.07. The fraction of sp³-hybridized carbons (Fsp3) is 0.130. The van der Waals surface area contributed by atoms with Crippen LogP contribution in [0.2, 0.25) is 5.02 Å². The number of aliphatic hydroxyl groups is 1. The molecule has 1 unspecified atom stereocenters. The average Bonchev–Trinajstić information content (AvgIpc) is 3.41. The van der Waals surface area contributed by atoms with Gasteiger partial charge in [0.1, 0.15) is 29.1 Å². The standard InChI is InChI=1S/C23H18ClNO6/c1-29-15-8-6-14(7-9-15)25-20(17-4-3-11-31-17)19(22(27)23(25)28)21(26)13-5-10-16(24)18(12-13)30-2/h3-12,20,26H,1-2H3/b21-19-. The van der Waals surface area contributed by atoms with E-state index in [2.05, 4.69) is 0 Å². The van der Waals surface area contributed by atoms with Crippen molar-refractivity contribution in [3.8, 4) is 11.5 Å². The number of ether oxygens (including phenoxy) is 2. The van der Waals surface area contributed by atoms with Gasteiger partial charge in [-0.1, -0.05) is 11.6 Å². The zero-order chi connectivity index (χ0) is 22.1. The maximum atomic E-state index is 13.0. The van der Waals surface area contributed by atoms with Crippen LogP contribution in [0.5, 0.6) is 11.5 Å². The number of hydrogen-bond donors (Lipinski definition) is 1. The second-order valence-corrected chi connectivity index (χ2v) is 7.14. The van der Waals surface area contributed by atoms with Crippen LogP contribution in [0.3, 0.4) is 0 Å². The highest BCUT2D eigenvalue weighted by atomic mass is 35.5. The van der Waals surface area contributed by atoms with Gasteiger partial charge in [-0.05, 0) is 54.6 Å². The van der Waals surface area contributed by atoms with Crippen LogP contribution >= 0.6 is 11.6 Å². The summed E-state index contributed by atoms with van der Waals surface area (Å²) in [5.74, 6) is -0.714. The number of Topliss-reactive ketones (excluding diaryl/α,β-unsaturated/α-hetero) is 1. The van der Waals surface area contributed by atoms with Crippen LogP contribution in [-0.4, -0.2) is 31.0 Å². The van der Waals surface area contributed by atoms with Gasteiger partial charge in [-0.3, -0.25) is 14.5 Å². The summed E-state index contributed by atoms with van der Waals surface area (Å²) < 4.78 is 15.9. The minimum absolute atomic E-state index is 0.0971. The predicted octanol–water partition coefficient (Wildman–Crippen LogP) is 4.58. The van der Waals surface area contributed by atoms with E-state index in [4.69, 9.17) is 25.5 Å². The number of rotatable bonds is 5. The lowest BCUT2D eigenvalue weighted by Gasteiger charge is -2.23. The van der Waals surface area contributed by atoms with E-state index in [0.29, 0.717) is 28.0 Å². The van der Waals surface area contributed by atoms with Gasteiger partial charge in [0.2, 0.25) is 0 Å². The quantitative estimate of drug-likeness (QED) is 0.355. The maximum absolute atomic E-state index is 13.0. The second kappa shape index (κ2) is 8.20. The Balaban J connectivity index is 1.89. The molecule has 0 spiro atoms. The molecule has 0 bridgehead atoms. The fourth-order valence-electron chi connectivity index (χ4n) is 3.52. The van der Waals surface area contributed by atoms with Crippen LogP contribution in [0.4, 0.5) is 5.69 Å². The minimum atomic E-state index is -0.954. The number of carbonyl (C=O) groups excluding carboxylic acids is 2. The molecule has 4 rings (SSSR count). The van der Waals surface area contributed by atoms with Crippen molar-refractivity contribution in [3.63, 3.8) is 0 Å². The molecule has 1 amide bonds. The molecule has 2 aromatic carbocycles. The van der Waals surface area contributed by atoms with Gasteiger partial charge in [0.15, 0.2) is 0 Å². The monoisotopic (exact) mass is 439 g/mol. The van der Waals surface area contributed by atoms with Crippen molar-refractivity contribution in [2.75, 3.05) is 19.1 Å². The molecular formula is C23H18ClNO6. The van der Waals surface area contributed by atoms with Crippen LogP contribution in [0.1, 0.15) is 17.4 Å². The number of furan rings is 1. The number of aliphatic hydroxyl groups excluding tert-OH is 1. The molecule has 1 aliphatic heterocycles. The SMILES string of the molecule is COc1ccc(N2C(=O)C(=O)/C(=C(\O)c3ccc(Cl)c(OC)c3)C2c2ccco2)cc1. The number of ketones is 1. The summed E-state index contributed by atoms with van der Waals surface area (Å²) in [6.45, 7) is 0. The first kappa shape index (κ1) is 20.6. The first-order valence-corrected chi connectivity index (χ1v) is 9.66. The summed E-state index contributed by atoms with van der Waals surface area (Å²) in [5, 5.41) is 11.4. The first-order chi connectivity index (χ1) is 15.0. The molecule has 158 valence electrons. The van der Waals surface area contributed by atoms with Gasteiger partial charge in [0.05, 0.1) is 31.1 Å². The molecule has 1 saturated heterocycles. The van der Waals surface area contributed by atoms with Gasteiger partial charge in [-0.15, -0.1) is 0 Å². The molecule has 0 radical (unpaired) electrons. The lowest BCUT2D eigenvalue weighted by molar-refractivity contribution is -0.132. The van der Waals surface area contributed by atoms with Crippen LogP contribution in [0.25, 0.3) is 5.76 Å². The van der Waals surface area contributed by atoms with Gasteiger partial charge in [-0.2, -0.15) is 0 Å². The van der Waals surface area contributed by atoms with Crippen molar-refractivity contribution in [2.45, 2.75) is 6.04 Å². The number of amides is 1. The number of halogens is 1. The van der Waals surface area contributed by atoms with Crippen molar-refractivity contribution in [1.29, 1.82) is 0 Å². The van der Waals surface area contributed by atoms with Gasteiger partial charge in [-0.25, -0.2) is 0 Å². The van der Waals surface area contributed by atoms with E-state index in [9.17, 15) is 14.7 Å². The third-order valence-corrected chi connectivity index (χ3v) is 5.34. The number of carbonyl (C=O) groups is 2. The minimum Gasteiger partial charge on any atom is -0.507 e. The lowest BCUT2D eigenvalue weighted by atomic mass is 9.99. The molecule has 0 aliphatic carbocycles. The van der Waals surface area contributed by atoms with Gasteiger partial charge >= 0.3 is 0 Å². The molecule has 1 fully saturated rings. The first-order valence-electron chi connectivity index (χ1n) is 9.28. The van der Waals surface area contributed by atoms with E-state index >= 15 is 0 Å². The smallest absolute Gasteiger partial charge is 0.300 e. The molecule has 2 heterocycles. The van der Waals surface area contributed by atoms with E-state index in [0.717, 1.165) is 0 Å². The lowest BCUT2D eigenvalue weighted by Crippen LogP contribution is -2.29. The Labute approximate surface area is 183 Å². The van der Waals surface area contributed by atoms with Crippen LogP contribution in [0.15, 0.2) is 70.9 Å². The van der Waals surface area contributed by atoms with E-state index in [1.807, 2.05) is 0 Å². The fourth-order valence-corrected chi connectivity index (χ4v) is 3.71. The highest BCUT2D eigenvalue weighted by molar-refractivity contribution is 6.51. The van der Waals surface area contributed by atoms with Gasteiger partial charge in [0, 0.05) is 11.3 Å². The van der Waals surface area contributed by atoms with Crippen LogP contribution < -0.4 is 14.4 Å². The van der Waals surface area contributed by atoms with Crippen molar-refractivity contribution >= 4 is 34.7 Å². The Morgan fingerprint density at radius 2 is 1.81 bits per heavy atom. The largest absolute Gasteiger partial charge is 0.507 e. The molecule has 1 atom stereocenters. The van der Waals surface area contributed by atoms with E-state index in [1.165, 1.54) is 37.5 Å². The van der Waals surface area contributed by atoms with Crippen molar-refractivity contribution in [3.05, 3.63) is 82.8 Å². The number of anilines is 1. The van der Waals surface area contributed by atoms with Crippen LogP contribution in [-0.2, 0) is 9.59 Å². The summed E-state index contributed by atoms with van der Waals surface area (Å²) in [5.41, 5.74) is 0.641. The molecule has 7 nitrogen and oxygen atoms in total. The Morgan fingerprint density at radius 1 is 1.06 bits per heavy atom. The molecule has 1 N–H and O–H groups in total. The number of nitrogens with zero attached hydrogens (tertiary/aromatic N) is 1. The van der Waals surface area contributed by atoms with E-state index in [-0.39, 0.29) is 16.9 Å². The Kier molecular flexibility index (Phi) is 5.44. The highest BCUT2D eigenvalue weighted by Crippen LogP contribution is 2.43. The summed E-state index contributed by atoms with van der Waals surface area (Å²) in [6, 6.07) is 13.6. The molecule has 31 heavy (non-hydrogen) atoms. The number of hydrogen-bond acceptors (Lipinski definition) is 6. The Hall–Kier alpha value is -3.71. The summed E-state index contributed by atoms with van der Waals surface area (Å²) in [4.78, 5) is 27.3. The van der Waals surface area contributed by atoms with E-state index in [1.54, 1.807) is 42.5 Å². The number of benzene rings is 2. The molecule has 0 saturated carbocycles. The average molecular weight is 440 g/mol. The molecule has 8 heteroatoms. The highest BCUT2D eigenvalue weighted by Gasteiger charge is 2.48. The Morgan fingerprint density at radius 3 is 2.42 bits per heavy atom. The second-order valence-electron chi connectivity index (χ2n) is 6.73. The zero-order valence-corrected chi connectivity index (χ0v) is 17.4. The van der Waals surface area contributed by atoms with Gasteiger partial charge < -0.3 is 19.0 Å². The van der Waals surface area contributed by atoms with E-state index < -0.39 is 17.7 Å². The topological polar surface area (TPSA) is 89.2 Å². The normalized spacial score (nSPS) is 17.8. The third kappa shape index (κ3) is 3.53. The van der Waals surface area contributed by atoms with Crippen molar-refractivity contribution in [2.24, 2.45) is 0 Å². The third-order valence-electron chi connectivity index (χ3n) is 5.03. The van der Waals surface area contributed by atoms with Crippen molar-refractivity contribution in [1.82, 2.24) is 0 Å². The van der Waals surface area contributed by atoms with Crippen LogP contribution in [0, 0.1) is 0 Å². The molecular weight excluding hydrogens is 422 g/mol. The zero-order valence-electron chi connectivity index (χ0n) is 16.7. The maximum Gasteiger partial charge on any atom is 0.300 e. The predicted molar refractivity (Wildman–Crippen MR) is 114 cm³/mol. The Bertz CT molecular complexity index is 1170. The molecule has 3 aromatic rings. The van der Waals surface area contributed by atoms with Crippen molar-refractivity contribution < 1.29 is 28.6 Å². The number of methoxy groups -OCH3 is 2.